The molecule has 3 heteroatoms. The molecule has 20 heavy (non-hydrogen) atoms. The fourth-order valence-corrected chi connectivity index (χ4v) is 3.68. The molecular weight excluding hydrogens is 252 g/mol. The smallest absolute Gasteiger partial charge is 0.302 e. The molecule has 0 heterocycles. The van der Waals surface area contributed by atoms with Gasteiger partial charge in [0.25, 0.3) is 0 Å². The van der Waals surface area contributed by atoms with Crippen molar-refractivity contribution in [3.8, 4) is 0 Å². The van der Waals surface area contributed by atoms with E-state index in [4.69, 9.17) is 4.74 Å². The maximum absolute atomic E-state index is 12.2. The van der Waals surface area contributed by atoms with E-state index in [0.717, 1.165) is 24.8 Å². The Bertz CT molecular complexity index is 488. The number of fused-ring (bicyclic) bond motifs is 1. The Morgan fingerprint density at radius 2 is 2.10 bits per heavy atom. The third kappa shape index (κ3) is 2.46. The van der Waals surface area contributed by atoms with Crippen molar-refractivity contribution in [3.63, 3.8) is 0 Å². The van der Waals surface area contributed by atoms with Crippen molar-refractivity contribution in [2.24, 2.45) is 17.3 Å². The third-order valence-electron chi connectivity index (χ3n) is 5.19. The number of ether oxygens (including phenoxy) is 1. The zero-order valence-electron chi connectivity index (χ0n) is 12.9. The minimum Gasteiger partial charge on any atom is -0.462 e. The summed E-state index contributed by atoms with van der Waals surface area (Å²) in [7, 11) is 0. The summed E-state index contributed by atoms with van der Waals surface area (Å²) in [6.45, 7) is 11.7. The molecule has 0 radical (unpaired) electrons. The molecular formula is C17H24O3. The van der Waals surface area contributed by atoms with E-state index in [1.165, 1.54) is 12.5 Å². The highest BCUT2D eigenvalue weighted by Gasteiger charge is 2.48. The Kier molecular flexibility index (Phi) is 3.90. The van der Waals surface area contributed by atoms with Gasteiger partial charge >= 0.3 is 5.97 Å². The fourth-order valence-electron chi connectivity index (χ4n) is 3.68. The van der Waals surface area contributed by atoms with Gasteiger partial charge in [-0.2, -0.15) is 0 Å². The Morgan fingerprint density at radius 1 is 1.45 bits per heavy atom. The van der Waals surface area contributed by atoms with Crippen molar-refractivity contribution >= 4 is 11.8 Å². The first-order chi connectivity index (χ1) is 9.25. The number of allylic oxidation sites excluding steroid dienone is 3. The standard InChI is InChI=1S/C17H24O3/c1-10(2)14-9-17(5)11(3)16(20-12(4)18)7-6-13(17)8-15(14)19/h8,11,14,16H,1,6-7,9H2,2-5H3. The van der Waals surface area contributed by atoms with Crippen LogP contribution in [0.3, 0.4) is 0 Å². The molecule has 0 aromatic rings. The van der Waals surface area contributed by atoms with E-state index in [2.05, 4.69) is 20.4 Å². The first kappa shape index (κ1) is 15.0. The Hall–Kier alpha value is -1.38. The third-order valence-corrected chi connectivity index (χ3v) is 5.19. The van der Waals surface area contributed by atoms with Gasteiger partial charge in [0.1, 0.15) is 6.10 Å². The number of ketones is 1. The molecule has 4 unspecified atom stereocenters. The summed E-state index contributed by atoms with van der Waals surface area (Å²) in [6, 6.07) is 0. The molecule has 1 fully saturated rings. The molecule has 0 N–H and O–H groups in total. The van der Waals surface area contributed by atoms with Crippen LogP contribution in [-0.2, 0) is 14.3 Å². The fraction of sp³-hybridized carbons (Fsp3) is 0.647. The number of esters is 1. The van der Waals surface area contributed by atoms with Gasteiger partial charge in [0.15, 0.2) is 5.78 Å². The summed E-state index contributed by atoms with van der Waals surface area (Å²) in [6.07, 6.45) is 4.21. The lowest BCUT2D eigenvalue weighted by Gasteiger charge is -2.49. The minimum absolute atomic E-state index is 0.0476. The van der Waals surface area contributed by atoms with Crippen molar-refractivity contribution in [1.82, 2.24) is 0 Å². The maximum atomic E-state index is 12.2. The molecule has 4 atom stereocenters. The maximum Gasteiger partial charge on any atom is 0.302 e. The van der Waals surface area contributed by atoms with Crippen molar-refractivity contribution in [3.05, 3.63) is 23.8 Å². The SMILES string of the molecule is C=C(C)C1CC2(C)C(=CC1=O)CCC(OC(C)=O)C2C. The topological polar surface area (TPSA) is 43.4 Å². The molecule has 2 aliphatic rings. The largest absolute Gasteiger partial charge is 0.462 e. The number of carbonyl (C=O) groups excluding carboxylic acids is 2. The molecule has 0 amide bonds. The van der Waals surface area contributed by atoms with Crippen LogP contribution in [0.2, 0.25) is 0 Å². The second kappa shape index (κ2) is 5.19. The highest BCUT2D eigenvalue weighted by atomic mass is 16.5. The first-order valence-electron chi connectivity index (χ1n) is 7.33. The van der Waals surface area contributed by atoms with Crippen LogP contribution in [-0.4, -0.2) is 17.9 Å². The van der Waals surface area contributed by atoms with Gasteiger partial charge in [-0.3, -0.25) is 9.59 Å². The molecule has 2 rings (SSSR count). The predicted octanol–water partition coefficient (Wildman–Crippen LogP) is 3.45. The Balaban J connectivity index is 2.31. The highest BCUT2D eigenvalue weighted by molar-refractivity contribution is 5.95. The number of rotatable bonds is 2. The van der Waals surface area contributed by atoms with Gasteiger partial charge in [0.2, 0.25) is 0 Å². The molecule has 0 saturated heterocycles. The van der Waals surface area contributed by atoms with E-state index < -0.39 is 0 Å². The van der Waals surface area contributed by atoms with Gasteiger partial charge in [0.05, 0.1) is 0 Å². The Labute approximate surface area is 121 Å². The summed E-state index contributed by atoms with van der Waals surface area (Å²) in [5, 5.41) is 0. The predicted molar refractivity (Wildman–Crippen MR) is 78.1 cm³/mol. The highest BCUT2D eigenvalue weighted by Crippen LogP contribution is 2.52. The number of hydrogen-bond acceptors (Lipinski definition) is 3. The van der Waals surface area contributed by atoms with Crippen LogP contribution >= 0.6 is 0 Å². The quantitative estimate of drug-likeness (QED) is 0.573. The monoisotopic (exact) mass is 276 g/mol. The lowest BCUT2D eigenvalue weighted by atomic mass is 9.57. The van der Waals surface area contributed by atoms with E-state index in [1.54, 1.807) is 0 Å². The van der Waals surface area contributed by atoms with Crippen LogP contribution in [0.1, 0.15) is 47.0 Å². The molecule has 0 aromatic heterocycles. The van der Waals surface area contributed by atoms with E-state index in [9.17, 15) is 9.59 Å². The average molecular weight is 276 g/mol. The van der Waals surface area contributed by atoms with Gasteiger partial charge in [-0.05, 0) is 37.7 Å². The molecule has 0 spiro atoms. The second-order valence-electron chi connectivity index (χ2n) is 6.57. The molecule has 0 aromatic carbocycles. The first-order valence-corrected chi connectivity index (χ1v) is 7.33. The molecule has 1 saturated carbocycles. The molecule has 0 bridgehead atoms. The Morgan fingerprint density at radius 3 is 2.65 bits per heavy atom. The van der Waals surface area contributed by atoms with Crippen molar-refractivity contribution in [2.45, 2.75) is 53.1 Å². The summed E-state index contributed by atoms with van der Waals surface area (Å²) in [4.78, 5) is 23.4. The summed E-state index contributed by atoms with van der Waals surface area (Å²) < 4.78 is 5.47. The van der Waals surface area contributed by atoms with Crippen LogP contribution in [0.15, 0.2) is 23.8 Å². The van der Waals surface area contributed by atoms with E-state index in [0.29, 0.717) is 0 Å². The van der Waals surface area contributed by atoms with E-state index in [-0.39, 0.29) is 35.1 Å². The zero-order chi connectivity index (χ0) is 15.1. The van der Waals surface area contributed by atoms with Crippen LogP contribution in [0.5, 0.6) is 0 Å². The molecule has 0 aliphatic heterocycles. The summed E-state index contributed by atoms with van der Waals surface area (Å²) in [5.41, 5.74) is 2.07. The van der Waals surface area contributed by atoms with Gasteiger partial charge < -0.3 is 4.74 Å². The number of hydrogen-bond donors (Lipinski definition) is 0. The van der Waals surface area contributed by atoms with Gasteiger partial charge in [-0.15, -0.1) is 0 Å². The molecule has 110 valence electrons. The lowest BCUT2D eigenvalue weighted by Crippen LogP contribution is -2.46. The normalized spacial score (nSPS) is 36.9. The molecule has 2 aliphatic carbocycles. The average Bonchev–Trinajstić information content (AvgIpc) is 2.34. The van der Waals surface area contributed by atoms with Crippen LogP contribution in [0.25, 0.3) is 0 Å². The van der Waals surface area contributed by atoms with Gasteiger partial charge in [0, 0.05) is 18.8 Å². The van der Waals surface area contributed by atoms with E-state index >= 15 is 0 Å². The zero-order valence-corrected chi connectivity index (χ0v) is 12.9. The molecule has 3 nitrogen and oxygen atoms in total. The second-order valence-corrected chi connectivity index (χ2v) is 6.57. The lowest BCUT2D eigenvalue weighted by molar-refractivity contribution is -0.153. The van der Waals surface area contributed by atoms with Crippen LogP contribution < -0.4 is 0 Å². The van der Waals surface area contributed by atoms with Crippen molar-refractivity contribution in [1.29, 1.82) is 0 Å². The van der Waals surface area contributed by atoms with Crippen LogP contribution in [0, 0.1) is 17.3 Å². The number of carbonyl (C=O) groups is 2. The van der Waals surface area contributed by atoms with Gasteiger partial charge in [-0.1, -0.05) is 31.6 Å². The van der Waals surface area contributed by atoms with Crippen LogP contribution in [0.4, 0.5) is 0 Å². The van der Waals surface area contributed by atoms with E-state index in [1.807, 2.05) is 13.0 Å². The minimum atomic E-state index is -0.221. The van der Waals surface area contributed by atoms with Crippen molar-refractivity contribution < 1.29 is 14.3 Å². The summed E-state index contributed by atoms with van der Waals surface area (Å²) in [5.74, 6) is 0.0907. The van der Waals surface area contributed by atoms with Crippen molar-refractivity contribution in [2.75, 3.05) is 0 Å². The van der Waals surface area contributed by atoms with Gasteiger partial charge in [-0.25, -0.2) is 0 Å². The summed E-state index contributed by atoms with van der Waals surface area (Å²) >= 11 is 0.